The van der Waals surface area contributed by atoms with Crippen molar-refractivity contribution >= 4 is 35.1 Å². The standard InChI is InChI=1S/C28H33Cl2NO4/c1-3-23(24-9-4-5-14-35-24)31-26(18-10-12-20(29)13-11-18)22(19-7-6-8-21(30)15-19)16-28(2,27(31)34)17-25(32)33/h6-8,10-13,15,22-24,26H,3-5,9,14,16-17H2,1-2H3,(H,32,33). The molecule has 0 radical (unpaired) electrons. The van der Waals surface area contributed by atoms with Gasteiger partial charge in [0.2, 0.25) is 5.91 Å². The molecule has 0 bridgehead atoms. The van der Waals surface area contributed by atoms with Gasteiger partial charge in [0, 0.05) is 22.6 Å². The predicted octanol–water partition coefficient (Wildman–Crippen LogP) is 6.88. The molecule has 5 atom stereocenters. The van der Waals surface area contributed by atoms with E-state index in [0.717, 1.165) is 30.4 Å². The van der Waals surface area contributed by atoms with Gasteiger partial charge >= 0.3 is 5.97 Å². The summed E-state index contributed by atoms with van der Waals surface area (Å²) < 4.78 is 6.19. The molecule has 0 saturated carbocycles. The summed E-state index contributed by atoms with van der Waals surface area (Å²) in [6.07, 6.45) is 3.76. The molecule has 0 aliphatic carbocycles. The van der Waals surface area contributed by atoms with Crippen LogP contribution >= 0.6 is 23.2 Å². The van der Waals surface area contributed by atoms with Crippen molar-refractivity contribution < 1.29 is 19.4 Å². The van der Waals surface area contributed by atoms with Crippen LogP contribution in [0.25, 0.3) is 0 Å². The number of aliphatic carboxylic acids is 1. The van der Waals surface area contributed by atoms with Crippen LogP contribution in [0.3, 0.4) is 0 Å². The average molecular weight is 518 g/mol. The molecule has 35 heavy (non-hydrogen) atoms. The van der Waals surface area contributed by atoms with Gasteiger partial charge in [0.1, 0.15) is 0 Å². The highest BCUT2D eigenvalue weighted by molar-refractivity contribution is 6.30. The van der Waals surface area contributed by atoms with E-state index in [1.807, 2.05) is 53.4 Å². The third-order valence-corrected chi connectivity index (χ3v) is 8.04. The van der Waals surface area contributed by atoms with E-state index in [9.17, 15) is 14.7 Å². The summed E-state index contributed by atoms with van der Waals surface area (Å²) in [4.78, 5) is 28.2. The zero-order chi connectivity index (χ0) is 25.2. The van der Waals surface area contributed by atoms with Crippen LogP contribution in [0.1, 0.15) is 75.5 Å². The van der Waals surface area contributed by atoms with E-state index in [2.05, 4.69) is 6.92 Å². The maximum absolute atomic E-state index is 14.3. The van der Waals surface area contributed by atoms with E-state index in [4.69, 9.17) is 27.9 Å². The van der Waals surface area contributed by atoms with Crippen LogP contribution in [0.15, 0.2) is 48.5 Å². The minimum Gasteiger partial charge on any atom is -0.481 e. The van der Waals surface area contributed by atoms with Crippen LogP contribution in [-0.2, 0) is 14.3 Å². The molecule has 2 aromatic carbocycles. The number of hydrogen-bond acceptors (Lipinski definition) is 3. The van der Waals surface area contributed by atoms with E-state index in [-0.39, 0.29) is 36.4 Å². The Morgan fingerprint density at radius 2 is 1.89 bits per heavy atom. The monoisotopic (exact) mass is 517 g/mol. The second-order valence-electron chi connectivity index (χ2n) is 10.1. The maximum Gasteiger partial charge on any atom is 0.304 e. The first-order valence-corrected chi connectivity index (χ1v) is 13.2. The average Bonchev–Trinajstić information content (AvgIpc) is 2.83. The molecule has 188 valence electrons. The number of ether oxygens (including phenoxy) is 1. The van der Waals surface area contributed by atoms with E-state index in [1.54, 1.807) is 6.92 Å². The zero-order valence-corrected chi connectivity index (χ0v) is 21.8. The minimum absolute atomic E-state index is 0.0836. The number of nitrogens with zero attached hydrogens (tertiary/aromatic N) is 1. The van der Waals surface area contributed by atoms with Crippen molar-refractivity contribution in [3.05, 3.63) is 69.7 Å². The van der Waals surface area contributed by atoms with Crippen LogP contribution in [0.2, 0.25) is 10.0 Å². The molecule has 0 aromatic heterocycles. The molecule has 2 heterocycles. The number of carboxylic acids is 1. The lowest BCUT2D eigenvalue weighted by molar-refractivity contribution is -0.166. The fraction of sp³-hybridized carbons (Fsp3) is 0.500. The van der Waals surface area contributed by atoms with Gasteiger partial charge in [0.15, 0.2) is 0 Å². The highest BCUT2D eigenvalue weighted by Gasteiger charge is 2.53. The molecule has 2 fully saturated rings. The molecular weight excluding hydrogens is 485 g/mol. The van der Waals surface area contributed by atoms with Crippen LogP contribution in [0, 0.1) is 5.41 Å². The molecular formula is C28H33Cl2NO4. The van der Waals surface area contributed by atoms with Crippen LogP contribution in [0.4, 0.5) is 0 Å². The number of likely N-dealkylation sites (tertiary alicyclic amines) is 1. The van der Waals surface area contributed by atoms with Crippen LogP contribution in [0.5, 0.6) is 0 Å². The summed E-state index contributed by atoms with van der Waals surface area (Å²) in [5.74, 6) is -1.24. The van der Waals surface area contributed by atoms with Gasteiger partial charge in [0.05, 0.1) is 30.0 Å². The zero-order valence-electron chi connectivity index (χ0n) is 20.3. The number of carbonyl (C=O) groups excluding carboxylic acids is 1. The summed E-state index contributed by atoms with van der Waals surface area (Å²) >= 11 is 12.6. The van der Waals surface area contributed by atoms with Crippen LogP contribution in [-0.4, -0.2) is 40.6 Å². The van der Waals surface area contributed by atoms with Gasteiger partial charge < -0.3 is 14.7 Å². The van der Waals surface area contributed by atoms with Gasteiger partial charge in [-0.25, -0.2) is 0 Å². The summed E-state index contributed by atoms with van der Waals surface area (Å²) in [7, 11) is 0. The number of carboxylic acid groups (broad SMARTS) is 1. The summed E-state index contributed by atoms with van der Waals surface area (Å²) in [6.45, 7) is 4.55. The van der Waals surface area contributed by atoms with Crippen molar-refractivity contribution in [2.75, 3.05) is 6.61 Å². The van der Waals surface area contributed by atoms with Crippen molar-refractivity contribution in [1.29, 1.82) is 0 Å². The lowest BCUT2D eigenvalue weighted by atomic mass is 9.66. The molecule has 2 saturated heterocycles. The minimum atomic E-state index is -1.05. The first-order chi connectivity index (χ1) is 16.7. The van der Waals surface area contributed by atoms with E-state index in [0.29, 0.717) is 29.5 Å². The third-order valence-electron chi connectivity index (χ3n) is 7.55. The second kappa shape index (κ2) is 10.9. The largest absolute Gasteiger partial charge is 0.481 e. The molecule has 2 aliphatic heterocycles. The van der Waals surface area contributed by atoms with Crippen molar-refractivity contribution in [2.24, 2.45) is 5.41 Å². The first kappa shape index (κ1) is 26.0. The summed E-state index contributed by atoms with van der Waals surface area (Å²) in [5, 5.41) is 11.0. The molecule has 1 amide bonds. The van der Waals surface area contributed by atoms with E-state index < -0.39 is 11.4 Å². The lowest BCUT2D eigenvalue weighted by Crippen LogP contribution is -2.59. The number of rotatable bonds is 7. The van der Waals surface area contributed by atoms with E-state index in [1.165, 1.54) is 0 Å². The van der Waals surface area contributed by atoms with Crippen molar-refractivity contribution in [3.8, 4) is 0 Å². The van der Waals surface area contributed by atoms with Gasteiger partial charge in [-0.2, -0.15) is 0 Å². The molecule has 5 nitrogen and oxygen atoms in total. The maximum atomic E-state index is 14.3. The van der Waals surface area contributed by atoms with Gasteiger partial charge in [-0.1, -0.05) is 61.3 Å². The number of hydrogen-bond donors (Lipinski definition) is 1. The van der Waals surface area contributed by atoms with Crippen molar-refractivity contribution in [1.82, 2.24) is 4.90 Å². The van der Waals surface area contributed by atoms with Gasteiger partial charge in [-0.3, -0.25) is 9.59 Å². The predicted molar refractivity (Wildman–Crippen MR) is 138 cm³/mol. The molecule has 2 aromatic rings. The Labute approximate surface area is 217 Å². The Morgan fingerprint density at radius 3 is 2.49 bits per heavy atom. The van der Waals surface area contributed by atoms with Crippen molar-refractivity contribution in [2.45, 2.75) is 76.5 Å². The molecule has 4 rings (SSSR count). The molecule has 5 unspecified atom stereocenters. The quantitative estimate of drug-likeness (QED) is 0.434. The van der Waals surface area contributed by atoms with E-state index >= 15 is 0 Å². The topological polar surface area (TPSA) is 66.8 Å². The fourth-order valence-corrected chi connectivity index (χ4v) is 6.28. The lowest BCUT2D eigenvalue weighted by Gasteiger charge is -2.53. The number of benzene rings is 2. The third kappa shape index (κ3) is 5.52. The van der Waals surface area contributed by atoms with Gasteiger partial charge in [-0.15, -0.1) is 0 Å². The molecule has 0 spiro atoms. The Kier molecular flexibility index (Phi) is 8.09. The normalized spacial score (nSPS) is 28.1. The van der Waals surface area contributed by atoms with Gasteiger partial charge in [-0.05, 0) is 67.5 Å². The number of carbonyl (C=O) groups is 2. The van der Waals surface area contributed by atoms with Crippen molar-refractivity contribution in [3.63, 3.8) is 0 Å². The number of piperidine rings is 1. The molecule has 1 N–H and O–H groups in total. The number of halogens is 2. The summed E-state index contributed by atoms with van der Waals surface area (Å²) in [5.41, 5.74) is 0.912. The Balaban J connectivity index is 1.89. The van der Waals surface area contributed by atoms with Gasteiger partial charge in [0.25, 0.3) is 0 Å². The van der Waals surface area contributed by atoms with Crippen LogP contribution < -0.4 is 0 Å². The molecule has 2 aliphatic rings. The molecule has 7 heteroatoms. The smallest absolute Gasteiger partial charge is 0.304 e. The highest BCUT2D eigenvalue weighted by Crippen LogP contribution is 2.52. The number of amides is 1. The Morgan fingerprint density at radius 1 is 1.14 bits per heavy atom. The Hall–Kier alpha value is -2.08. The highest BCUT2D eigenvalue weighted by atomic mass is 35.5. The summed E-state index contributed by atoms with van der Waals surface area (Å²) in [6, 6.07) is 14.9. The Bertz CT molecular complexity index is 1050. The SMILES string of the molecule is CCC(C1CCCCO1)N1C(=O)C(C)(CC(=O)O)CC(c2cccc(Cl)c2)C1c1ccc(Cl)cc1. The first-order valence-electron chi connectivity index (χ1n) is 12.4. The fourth-order valence-electron chi connectivity index (χ4n) is 5.95. The second-order valence-corrected chi connectivity index (χ2v) is 11.0.